The number of azo groups is 1. The molecule has 0 radical (unpaired) electrons. The first-order valence-corrected chi connectivity index (χ1v) is 8.43. The lowest BCUT2D eigenvalue weighted by Gasteiger charge is -2.22. The number of aromatic nitrogens is 4. The first-order chi connectivity index (χ1) is 12.1. The van der Waals surface area contributed by atoms with E-state index in [-0.39, 0.29) is 0 Å². The highest BCUT2D eigenvalue weighted by atomic mass is 15.2. The minimum absolute atomic E-state index is 0.525. The molecule has 2 heterocycles. The second-order valence-corrected chi connectivity index (χ2v) is 6.00. The fourth-order valence-corrected chi connectivity index (χ4v) is 2.62. The average molecular weight is 338 g/mol. The summed E-state index contributed by atoms with van der Waals surface area (Å²) < 4.78 is 4.24. The van der Waals surface area contributed by atoms with E-state index >= 15 is 0 Å². The normalized spacial score (nSPS) is 11.3. The molecule has 2 aromatic heterocycles. The van der Waals surface area contributed by atoms with E-state index in [9.17, 15) is 0 Å². The van der Waals surface area contributed by atoms with Gasteiger partial charge in [-0.05, 0) is 38.1 Å². The molecule has 1 N–H and O–H groups in total. The third-order valence-corrected chi connectivity index (χ3v) is 4.00. The van der Waals surface area contributed by atoms with Crippen LogP contribution in [0.4, 0.5) is 17.3 Å². The minimum Gasteiger partial charge on any atom is -0.368 e. The van der Waals surface area contributed by atoms with Crippen molar-refractivity contribution in [2.24, 2.45) is 17.3 Å². The van der Waals surface area contributed by atoms with Crippen molar-refractivity contribution in [1.82, 2.24) is 14.5 Å². The Balaban J connectivity index is 1.62. The molecule has 0 saturated heterocycles. The first kappa shape index (κ1) is 16.9. The summed E-state index contributed by atoms with van der Waals surface area (Å²) in [6.07, 6.45) is 7.97. The summed E-state index contributed by atoms with van der Waals surface area (Å²) in [4.78, 5) is 9.50. The zero-order valence-corrected chi connectivity index (χ0v) is 14.9. The molecule has 0 spiro atoms. The van der Waals surface area contributed by atoms with Crippen LogP contribution >= 0.6 is 0 Å². The third-order valence-electron chi connectivity index (χ3n) is 4.00. The van der Waals surface area contributed by atoms with Crippen LogP contribution in [-0.2, 0) is 13.6 Å². The fourth-order valence-electron chi connectivity index (χ4n) is 2.62. The standard InChI is InChI=1S/C18H24N7/c1-4-25(12-11-24-10-9-23(3)14-24)17-7-5-16(6-8-17)21-22-18-19-13-15(2)20-18/h5-10,13-14H,4,11-12H2,1-3H3,(H,19,20)/q+1. The van der Waals surface area contributed by atoms with Crippen LogP contribution in [0.5, 0.6) is 0 Å². The number of hydrogen-bond acceptors (Lipinski definition) is 4. The molecule has 1 aromatic carbocycles. The largest absolute Gasteiger partial charge is 0.368 e. The maximum Gasteiger partial charge on any atom is 0.246 e. The molecule has 7 heteroatoms. The monoisotopic (exact) mass is 338 g/mol. The number of nitrogens with one attached hydrogen (secondary N) is 1. The molecule has 0 aliphatic rings. The van der Waals surface area contributed by atoms with Crippen LogP contribution in [0.15, 0.2) is 59.4 Å². The SMILES string of the molecule is CCN(CCn1cc[n+](C)c1)c1ccc(N=Nc2ncc(C)[nH]2)cc1. The smallest absolute Gasteiger partial charge is 0.246 e. The van der Waals surface area contributed by atoms with Gasteiger partial charge in [0, 0.05) is 24.1 Å². The molecule has 0 aliphatic carbocycles. The van der Waals surface area contributed by atoms with Gasteiger partial charge >= 0.3 is 0 Å². The zero-order valence-electron chi connectivity index (χ0n) is 14.9. The molecule has 25 heavy (non-hydrogen) atoms. The molecular formula is C18H24N7+. The van der Waals surface area contributed by atoms with Crippen molar-refractivity contribution >= 4 is 17.3 Å². The van der Waals surface area contributed by atoms with Crippen LogP contribution in [0.3, 0.4) is 0 Å². The second-order valence-electron chi connectivity index (χ2n) is 6.00. The summed E-state index contributed by atoms with van der Waals surface area (Å²) in [6.45, 7) is 6.97. The Labute approximate surface area is 147 Å². The van der Waals surface area contributed by atoms with Crippen LogP contribution in [0, 0.1) is 6.92 Å². The summed E-state index contributed by atoms with van der Waals surface area (Å²) in [6, 6.07) is 8.13. The average Bonchev–Trinajstić information content (AvgIpc) is 3.23. The molecular weight excluding hydrogens is 314 g/mol. The Hall–Kier alpha value is -2.96. The van der Waals surface area contributed by atoms with E-state index in [2.05, 4.69) is 72.0 Å². The molecule has 3 aromatic rings. The van der Waals surface area contributed by atoms with E-state index in [1.54, 1.807) is 6.20 Å². The van der Waals surface area contributed by atoms with Crippen molar-refractivity contribution in [2.45, 2.75) is 20.4 Å². The van der Waals surface area contributed by atoms with Gasteiger partial charge in [0.25, 0.3) is 0 Å². The van der Waals surface area contributed by atoms with Crippen molar-refractivity contribution in [1.29, 1.82) is 0 Å². The number of aromatic amines is 1. The topological polar surface area (TPSA) is 65.4 Å². The number of aryl methyl sites for hydroxylation is 2. The lowest BCUT2D eigenvalue weighted by molar-refractivity contribution is -0.671. The fraction of sp³-hybridized carbons (Fsp3) is 0.333. The summed E-state index contributed by atoms with van der Waals surface area (Å²) in [7, 11) is 2.03. The summed E-state index contributed by atoms with van der Waals surface area (Å²) in [5, 5.41) is 8.33. The van der Waals surface area contributed by atoms with Crippen molar-refractivity contribution in [2.75, 3.05) is 18.0 Å². The second kappa shape index (κ2) is 7.74. The molecule has 0 saturated carbocycles. The zero-order chi connectivity index (χ0) is 17.6. The van der Waals surface area contributed by atoms with Gasteiger partial charge in [0.05, 0.1) is 19.3 Å². The molecule has 0 aliphatic heterocycles. The lowest BCUT2D eigenvalue weighted by atomic mass is 10.2. The predicted molar refractivity (Wildman–Crippen MR) is 97.4 cm³/mol. The Bertz CT molecular complexity index is 829. The van der Waals surface area contributed by atoms with E-state index in [0.29, 0.717) is 5.95 Å². The molecule has 130 valence electrons. The Morgan fingerprint density at radius 3 is 2.64 bits per heavy atom. The van der Waals surface area contributed by atoms with Gasteiger partial charge in [0.15, 0.2) is 0 Å². The number of rotatable bonds is 7. The Kier molecular flexibility index (Phi) is 5.23. The number of imidazole rings is 2. The third kappa shape index (κ3) is 4.53. The van der Waals surface area contributed by atoms with Crippen molar-refractivity contribution in [3.8, 4) is 0 Å². The van der Waals surface area contributed by atoms with E-state index in [4.69, 9.17) is 0 Å². The highest BCUT2D eigenvalue weighted by molar-refractivity contribution is 5.52. The van der Waals surface area contributed by atoms with E-state index < -0.39 is 0 Å². The van der Waals surface area contributed by atoms with Gasteiger partial charge in [-0.15, -0.1) is 10.2 Å². The lowest BCUT2D eigenvalue weighted by Crippen LogP contribution is -2.28. The van der Waals surface area contributed by atoms with Gasteiger partial charge in [-0.2, -0.15) is 0 Å². The van der Waals surface area contributed by atoms with Gasteiger partial charge in [-0.1, -0.05) is 0 Å². The van der Waals surface area contributed by atoms with Crippen LogP contribution in [-0.4, -0.2) is 27.6 Å². The Morgan fingerprint density at radius 2 is 2.04 bits per heavy atom. The van der Waals surface area contributed by atoms with E-state index in [0.717, 1.165) is 31.0 Å². The number of benzene rings is 1. The maximum atomic E-state index is 4.22. The molecule has 7 nitrogen and oxygen atoms in total. The van der Waals surface area contributed by atoms with Crippen LogP contribution < -0.4 is 9.47 Å². The predicted octanol–water partition coefficient (Wildman–Crippen LogP) is 3.29. The van der Waals surface area contributed by atoms with E-state index in [1.807, 2.05) is 26.1 Å². The van der Waals surface area contributed by atoms with Crippen LogP contribution in [0.2, 0.25) is 0 Å². The van der Waals surface area contributed by atoms with Crippen molar-refractivity contribution in [3.63, 3.8) is 0 Å². The van der Waals surface area contributed by atoms with Gasteiger partial charge in [0.1, 0.15) is 18.9 Å². The number of hydrogen-bond donors (Lipinski definition) is 1. The molecule has 0 amide bonds. The van der Waals surface area contributed by atoms with E-state index in [1.165, 1.54) is 5.69 Å². The van der Waals surface area contributed by atoms with Crippen LogP contribution in [0.25, 0.3) is 0 Å². The molecule has 0 unspecified atom stereocenters. The highest BCUT2D eigenvalue weighted by Crippen LogP contribution is 2.21. The molecule has 0 atom stereocenters. The van der Waals surface area contributed by atoms with Gasteiger partial charge in [-0.25, -0.2) is 14.1 Å². The molecule has 0 bridgehead atoms. The highest BCUT2D eigenvalue weighted by Gasteiger charge is 2.07. The number of H-pyrrole nitrogens is 1. The van der Waals surface area contributed by atoms with Gasteiger partial charge in [0.2, 0.25) is 12.3 Å². The maximum absolute atomic E-state index is 4.22. The summed E-state index contributed by atoms with van der Waals surface area (Å²) in [5.41, 5.74) is 2.97. The number of nitrogens with zero attached hydrogens (tertiary/aromatic N) is 6. The van der Waals surface area contributed by atoms with Crippen molar-refractivity contribution < 1.29 is 4.57 Å². The summed E-state index contributed by atoms with van der Waals surface area (Å²) >= 11 is 0. The minimum atomic E-state index is 0.525. The Morgan fingerprint density at radius 1 is 1.24 bits per heavy atom. The molecule has 3 rings (SSSR count). The number of likely N-dealkylation sites (N-methyl/N-ethyl adjacent to an activating group) is 1. The quantitative estimate of drug-likeness (QED) is 0.531. The first-order valence-electron chi connectivity index (χ1n) is 8.43. The van der Waals surface area contributed by atoms with Crippen molar-refractivity contribution in [3.05, 3.63) is 54.9 Å². The summed E-state index contributed by atoms with van der Waals surface area (Å²) in [5.74, 6) is 0.525. The van der Waals surface area contributed by atoms with Gasteiger partial charge in [-0.3, -0.25) is 0 Å². The number of anilines is 1. The molecule has 0 fully saturated rings. The van der Waals surface area contributed by atoms with Gasteiger partial charge < -0.3 is 9.88 Å². The van der Waals surface area contributed by atoms with Crippen LogP contribution in [0.1, 0.15) is 12.6 Å².